The second kappa shape index (κ2) is 6.04. The number of hydrogen-bond donors (Lipinski definition) is 3. The maximum Gasteiger partial charge on any atom is 0.226 e. The Kier molecular flexibility index (Phi) is 3.96. The van der Waals surface area contributed by atoms with Gasteiger partial charge in [0, 0.05) is 30.6 Å². The summed E-state index contributed by atoms with van der Waals surface area (Å²) in [7, 11) is 0. The predicted molar refractivity (Wildman–Crippen MR) is 84.9 cm³/mol. The van der Waals surface area contributed by atoms with Crippen LogP contribution in [0.1, 0.15) is 24.8 Å². The molecule has 0 bridgehead atoms. The smallest absolute Gasteiger partial charge is 0.226 e. The number of H-pyrrole nitrogens is 1. The van der Waals surface area contributed by atoms with Gasteiger partial charge in [-0.2, -0.15) is 9.97 Å². The zero-order valence-corrected chi connectivity index (χ0v) is 12.7. The van der Waals surface area contributed by atoms with E-state index in [0.717, 1.165) is 29.4 Å². The Morgan fingerprint density at radius 1 is 1.29 bits per heavy atom. The van der Waals surface area contributed by atoms with E-state index in [1.165, 1.54) is 0 Å². The lowest BCUT2D eigenvalue weighted by Crippen LogP contribution is -2.12. The van der Waals surface area contributed by atoms with Crippen molar-refractivity contribution < 1.29 is 0 Å². The van der Waals surface area contributed by atoms with Crippen LogP contribution in [0.15, 0.2) is 17.9 Å². The van der Waals surface area contributed by atoms with Gasteiger partial charge in [0.1, 0.15) is 5.52 Å². The Morgan fingerprint density at radius 3 is 2.95 bits per heavy atom. The molecule has 1 unspecified atom stereocenters. The van der Waals surface area contributed by atoms with Gasteiger partial charge in [0.15, 0.2) is 11.5 Å². The number of fused-ring (bicyclic) bond motifs is 1. The van der Waals surface area contributed by atoms with Crippen molar-refractivity contribution in [1.29, 1.82) is 0 Å². The highest BCUT2D eigenvalue weighted by Crippen LogP contribution is 2.22. The molecule has 0 aliphatic rings. The molecular formula is C13H17N7S. The Balaban J connectivity index is 1.80. The Labute approximate surface area is 126 Å². The van der Waals surface area contributed by atoms with Crippen molar-refractivity contribution in [2.24, 2.45) is 0 Å². The maximum atomic E-state index is 4.49. The van der Waals surface area contributed by atoms with E-state index in [1.807, 2.05) is 18.5 Å². The normalized spacial score (nSPS) is 12.5. The number of aromatic nitrogens is 5. The van der Waals surface area contributed by atoms with E-state index in [4.69, 9.17) is 0 Å². The third kappa shape index (κ3) is 2.94. The third-order valence-electron chi connectivity index (χ3n) is 3.07. The highest BCUT2D eigenvalue weighted by molar-refractivity contribution is 7.09. The fourth-order valence-corrected chi connectivity index (χ4v) is 2.71. The Hall–Kier alpha value is -2.22. The van der Waals surface area contributed by atoms with Gasteiger partial charge in [0.2, 0.25) is 5.95 Å². The Bertz CT molecular complexity index is 706. The van der Waals surface area contributed by atoms with Gasteiger partial charge in [-0.05, 0) is 6.92 Å². The molecule has 0 fully saturated rings. The molecule has 3 heterocycles. The van der Waals surface area contributed by atoms with Gasteiger partial charge in [0.25, 0.3) is 0 Å². The van der Waals surface area contributed by atoms with Crippen LogP contribution in [0.3, 0.4) is 0 Å². The van der Waals surface area contributed by atoms with Gasteiger partial charge in [-0.25, -0.2) is 9.97 Å². The van der Waals surface area contributed by atoms with Crippen LogP contribution < -0.4 is 10.6 Å². The van der Waals surface area contributed by atoms with Crippen molar-refractivity contribution in [3.63, 3.8) is 0 Å². The molecular weight excluding hydrogens is 286 g/mol. The molecule has 3 rings (SSSR count). The SMILES string of the molecule is CCNc1nc(NCC(C)c2nccs2)c2[nH]cnc2n1. The van der Waals surface area contributed by atoms with Crippen molar-refractivity contribution in [2.75, 3.05) is 23.7 Å². The first-order valence-electron chi connectivity index (χ1n) is 6.86. The summed E-state index contributed by atoms with van der Waals surface area (Å²) in [6, 6.07) is 0. The summed E-state index contributed by atoms with van der Waals surface area (Å²) in [4.78, 5) is 20.5. The maximum absolute atomic E-state index is 4.49. The second-order valence-electron chi connectivity index (χ2n) is 4.68. The number of thiazole rings is 1. The number of aromatic amines is 1. The van der Waals surface area contributed by atoms with Crippen molar-refractivity contribution in [3.8, 4) is 0 Å². The molecule has 0 aliphatic carbocycles. The predicted octanol–water partition coefficient (Wildman–Crippen LogP) is 2.46. The fourth-order valence-electron chi connectivity index (χ4n) is 2.01. The van der Waals surface area contributed by atoms with Gasteiger partial charge >= 0.3 is 0 Å². The number of rotatable bonds is 6. The molecule has 110 valence electrons. The van der Waals surface area contributed by atoms with Crippen LogP contribution in [-0.2, 0) is 0 Å². The quantitative estimate of drug-likeness (QED) is 0.648. The van der Waals surface area contributed by atoms with Crippen molar-refractivity contribution in [1.82, 2.24) is 24.9 Å². The summed E-state index contributed by atoms with van der Waals surface area (Å²) in [6.45, 7) is 5.67. The minimum absolute atomic E-state index is 0.320. The van der Waals surface area contributed by atoms with E-state index < -0.39 is 0 Å². The fraction of sp³-hybridized carbons (Fsp3) is 0.385. The second-order valence-corrected chi connectivity index (χ2v) is 5.61. The average molecular weight is 303 g/mol. The zero-order valence-electron chi connectivity index (χ0n) is 11.9. The van der Waals surface area contributed by atoms with E-state index in [2.05, 4.69) is 42.5 Å². The van der Waals surface area contributed by atoms with Gasteiger partial charge in [-0.3, -0.25) is 0 Å². The minimum Gasteiger partial charge on any atom is -0.367 e. The van der Waals surface area contributed by atoms with Crippen LogP contribution in [0.25, 0.3) is 11.2 Å². The molecule has 8 heteroatoms. The largest absolute Gasteiger partial charge is 0.367 e. The first kappa shape index (κ1) is 13.7. The summed E-state index contributed by atoms with van der Waals surface area (Å²) in [5, 5.41) is 9.59. The van der Waals surface area contributed by atoms with E-state index in [1.54, 1.807) is 17.7 Å². The third-order valence-corrected chi connectivity index (χ3v) is 4.08. The summed E-state index contributed by atoms with van der Waals surface area (Å²) in [5.74, 6) is 1.67. The van der Waals surface area contributed by atoms with E-state index in [9.17, 15) is 0 Å². The van der Waals surface area contributed by atoms with Crippen LogP contribution >= 0.6 is 11.3 Å². The highest BCUT2D eigenvalue weighted by Gasteiger charge is 2.12. The van der Waals surface area contributed by atoms with Crippen LogP contribution in [0.5, 0.6) is 0 Å². The molecule has 0 aliphatic heterocycles. The molecule has 3 aromatic rings. The molecule has 7 nitrogen and oxygen atoms in total. The van der Waals surface area contributed by atoms with Gasteiger partial charge < -0.3 is 15.6 Å². The molecule has 1 atom stereocenters. The zero-order chi connectivity index (χ0) is 14.7. The van der Waals surface area contributed by atoms with E-state index in [-0.39, 0.29) is 0 Å². The van der Waals surface area contributed by atoms with Crippen LogP contribution in [0, 0.1) is 0 Å². The summed E-state index contributed by atoms with van der Waals surface area (Å²) >= 11 is 1.67. The van der Waals surface area contributed by atoms with Gasteiger partial charge in [0.05, 0.1) is 11.3 Å². The first-order chi connectivity index (χ1) is 10.3. The number of anilines is 2. The van der Waals surface area contributed by atoms with Crippen LogP contribution in [-0.4, -0.2) is 38.0 Å². The van der Waals surface area contributed by atoms with Crippen molar-refractivity contribution in [3.05, 3.63) is 22.9 Å². The summed E-state index contributed by atoms with van der Waals surface area (Å²) in [5.41, 5.74) is 1.48. The van der Waals surface area contributed by atoms with Crippen LogP contribution in [0.2, 0.25) is 0 Å². The molecule has 3 aromatic heterocycles. The number of imidazole rings is 1. The minimum atomic E-state index is 0.320. The Morgan fingerprint density at radius 2 is 2.19 bits per heavy atom. The summed E-state index contributed by atoms with van der Waals surface area (Å²) in [6.07, 6.45) is 3.46. The molecule has 0 amide bonds. The van der Waals surface area contributed by atoms with Crippen LogP contribution in [0.4, 0.5) is 11.8 Å². The van der Waals surface area contributed by atoms with E-state index >= 15 is 0 Å². The molecule has 0 spiro atoms. The number of nitrogens with zero attached hydrogens (tertiary/aromatic N) is 4. The number of nitrogens with one attached hydrogen (secondary N) is 3. The van der Waals surface area contributed by atoms with Crippen molar-refractivity contribution >= 4 is 34.3 Å². The number of hydrogen-bond acceptors (Lipinski definition) is 7. The monoisotopic (exact) mass is 303 g/mol. The highest BCUT2D eigenvalue weighted by atomic mass is 32.1. The first-order valence-corrected chi connectivity index (χ1v) is 7.74. The average Bonchev–Trinajstić information content (AvgIpc) is 3.15. The van der Waals surface area contributed by atoms with E-state index in [0.29, 0.717) is 17.5 Å². The molecule has 0 saturated carbocycles. The van der Waals surface area contributed by atoms with Gasteiger partial charge in [-0.1, -0.05) is 6.92 Å². The molecule has 0 radical (unpaired) electrons. The lowest BCUT2D eigenvalue weighted by Gasteiger charge is -2.12. The lowest BCUT2D eigenvalue weighted by molar-refractivity contribution is 0.792. The topological polar surface area (TPSA) is 91.4 Å². The molecule has 0 aromatic carbocycles. The molecule has 0 saturated heterocycles. The standard InChI is InChI=1S/C13H17N7S/c1-3-14-13-19-10(9-11(20-13)18-7-17-9)16-6-8(2)12-15-4-5-21-12/h4-5,7-8H,3,6H2,1-2H3,(H3,14,16,17,18,19,20). The lowest BCUT2D eigenvalue weighted by atomic mass is 10.2. The molecule has 21 heavy (non-hydrogen) atoms. The van der Waals surface area contributed by atoms with Crippen molar-refractivity contribution in [2.45, 2.75) is 19.8 Å². The molecule has 3 N–H and O–H groups in total. The summed E-state index contributed by atoms with van der Waals surface area (Å²) < 4.78 is 0. The van der Waals surface area contributed by atoms with Gasteiger partial charge in [-0.15, -0.1) is 11.3 Å².